The highest BCUT2D eigenvalue weighted by atomic mass is 16.5. The number of ether oxygens (including phenoxy) is 1. The number of morpholine rings is 1. The van der Waals surface area contributed by atoms with Gasteiger partial charge >= 0.3 is 0 Å². The van der Waals surface area contributed by atoms with Crippen molar-refractivity contribution >= 4 is 23.1 Å². The van der Waals surface area contributed by atoms with Gasteiger partial charge in [-0.3, -0.25) is 14.9 Å². The second-order valence-corrected chi connectivity index (χ2v) is 5.81. The highest BCUT2D eigenvalue weighted by Crippen LogP contribution is 2.32. The first-order valence-electron chi connectivity index (χ1n) is 7.47. The van der Waals surface area contributed by atoms with Crippen molar-refractivity contribution in [1.29, 1.82) is 0 Å². The predicted molar refractivity (Wildman–Crippen MR) is 83.2 cm³/mol. The predicted octanol–water partition coefficient (Wildman–Crippen LogP) is -0.275. The SMILES string of the molecule is CC(=O)NC(=O)/C(=C\N)c1cc(N2CC3CC(C2)O3)c(C)nn1. The number of carbonyl (C=O) groups excluding carboxylic acids is 2. The first kappa shape index (κ1) is 15.4. The second kappa shape index (κ2) is 5.96. The number of rotatable bonds is 3. The molecule has 8 heteroatoms. The Morgan fingerprint density at radius 2 is 2.04 bits per heavy atom. The molecule has 0 radical (unpaired) electrons. The Labute approximate surface area is 133 Å². The minimum absolute atomic E-state index is 0.118. The van der Waals surface area contributed by atoms with Gasteiger partial charge in [-0.05, 0) is 13.0 Å². The van der Waals surface area contributed by atoms with E-state index in [1.54, 1.807) is 6.07 Å². The number of aromatic nitrogens is 2. The van der Waals surface area contributed by atoms with Crippen molar-refractivity contribution in [3.8, 4) is 0 Å². The topological polar surface area (TPSA) is 110 Å². The molecule has 3 aliphatic heterocycles. The van der Waals surface area contributed by atoms with Crippen LogP contribution in [0, 0.1) is 6.92 Å². The van der Waals surface area contributed by atoms with Crippen LogP contribution in [-0.2, 0) is 14.3 Å². The summed E-state index contributed by atoms with van der Waals surface area (Å²) in [5.74, 6) is -1.04. The van der Waals surface area contributed by atoms with Crippen LogP contribution in [0.2, 0.25) is 0 Å². The van der Waals surface area contributed by atoms with Crippen molar-refractivity contribution in [2.45, 2.75) is 32.5 Å². The highest BCUT2D eigenvalue weighted by Gasteiger charge is 2.39. The third-order valence-corrected chi connectivity index (χ3v) is 4.03. The summed E-state index contributed by atoms with van der Waals surface area (Å²) in [6, 6.07) is 1.78. The Hall–Kier alpha value is -2.48. The summed E-state index contributed by atoms with van der Waals surface area (Å²) in [7, 11) is 0. The Bertz CT molecular complexity index is 672. The van der Waals surface area contributed by atoms with E-state index in [-0.39, 0.29) is 17.8 Å². The number of hydrogen-bond donors (Lipinski definition) is 2. The van der Waals surface area contributed by atoms with Crippen molar-refractivity contribution in [3.63, 3.8) is 0 Å². The van der Waals surface area contributed by atoms with Crippen LogP contribution in [0.5, 0.6) is 0 Å². The zero-order chi connectivity index (χ0) is 16.6. The van der Waals surface area contributed by atoms with Gasteiger partial charge in [-0.25, -0.2) is 0 Å². The number of nitrogens with two attached hydrogens (primary N) is 1. The van der Waals surface area contributed by atoms with Gasteiger partial charge in [-0.1, -0.05) is 0 Å². The maximum absolute atomic E-state index is 12.0. The number of carbonyl (C=O) groups is 2. The van der Waals surface area contributed by atoms with Crippen LogP contribution in [0.4, 0.5) is 5.69 Å². The minimum Gasteiger partial charge on any atom is -0.404 e. The van der Waals surface area contributed by atoms with Gasteiger partial charge in [0.25, 0.3) is 5.91 Å². The van der Waals surface area contributed by atoms with Crippen LogP contribution in [0.25, 0.3) is 5.57 Å². The van der Waals surface area contributed by atoms with E-state index in [9.17, 15) is 9.59 Å². The first-order chi connectivity index (χ1) is 11.0. The number of anilines is 1. The average molecular weight is 317 g/mol. The summed E-state index contributed by atoms with van der Waals surface area (Å²) < 4.78 is 5.64. The Morgan fingerprint density at radius 3 is 2.61 bits per heavy atom. The quantitative estimate of drug-likeness (QED) is 0.738. The van der Waals surface area contributed by atoms with Crippen LogP contribution < -0.4 is 16.0 Å². The Kier molecular flexibility index (Phi) is 3.99. The Balaban J connectivity index is 1.87. The van der Waals surface area contributed by atoms with E-state index in [1.165, 1.54) is 6.92 Å². The van der Waals surface area contributed by atoms with Gasteiger partial charge in [0.05, 0.1) is 29.2 Å². The molecule has 0 aliphatic carbocycles. The van der Waals surface area contributed by atoms with Gasteiger partial charge in [0, 0.05) is 32.6 Å². The van der Waals surface area contributed by atoms with Gasteiger partial charge < -0.3 is 15.4 Å². The molecular formula is C15H19N5O3. The molecule has 23 heavy (non-hydrogen) atoms. The first-order valence-corrected chi connectivity index (χ1v) is 7.47. The van der Waals surface area contributed by atoms with E-state index in [0.717, 1.165) is 37.1 Å². The third kappa shape index (κ3) is 3.02. The maximum Gasteiger partial charge on any atom is 0.261 e. The lowest BCUT2D eigenvalue weighted by atomic mass is 9.98. The normalized spacial score (nSPS) is 23.2. The van der Waals surface area contributed by atoms with Crippen LogP contribution in [0.1, 0.15) is 24.7 Å². The van der Waals surface area contributed by atoms with Crippen LogP contribution in [-0.4, -0.2) is 47.3 Å². The molecule has 0 saturated carbocycles. The van der Waals surface area contributed by atoms with E-state index in [4.69, 9.17) is 10.5 Å². The summed E-state index contributed by atoms with van der Waals surface area (Å²) in [5, 5.41) is 10.4. The summed E-state index contributed by atoms with van der Waals surface area (Å²) >= 11 is 0. The van der Waals surface area contributed by atoms with Gasteiger partial charge in [0.15, 0.2) is 0 Å². The van der Waals surface area contributed by atoms with Crippen molar-refractivity contribution < 1.29 is 14.3 Å². The van der Waals surface area contributed by atoms with Gasteiger partial charge in [-0.2, -0.15) is 5.10 Å². The fourth-order valence-electron chi connectivity index (χ4n) is 2.95. The minimum atomic E-state index is -0.589. The molecule has 1 aromatic heterocycles. The molecule has 4 rings (SSSR count). The number of fused-ring (bicyclic) bond motifs is 2. The molecular weight excluding hydrogens is 298 g/mol. The molecule has 3 N–H and O–H groups in total. The molecule has 0 spiro atoms. The fourth-order valence-corrected chi connectivity index (χ4v) is 2.95. The number of hydrogen-bond acceptors (Lipinski definition) is 7. The number of nitrogens with zero attached hydrogens (tertiary/aromatic N) is 3. The third-order valence-electron chi connectivity index (χ3n) is 4.03. The molecule has 8 nitrogen and oxygen atoms in total. The smallest absolute Gasteiger partial charge is 0.261 e. The van der Waals surface area contributed by atoms with E-state index in [1.807, 2.05) is 6.92 Å². The van der Waals surface area contributed by atoms with E-state index in [0.29, 0.717) is 5.69 Å². The molecule has 4 heterocycles. The van der Waals surface area contributed by atoms with E-state index < -0.39 is 11.8 Å². The summed E-state index contributed by atoms with van der Waals surface area (Å²) in [6.45, 7) is 4.72. The number of aryl methyl sites for hydroxylation is 1. The monoisotopic (exact) mass is 317 g/mol. The number of piperidine rings is 1. The van der Waals surface area contributed by atoms with Crippen LogP contribution >= 0.6 is 0 Å². The maximum atomic E-state index is 12.0. The van der Waals surface area contributed by atoms with Gasteiger partial charge in [0.1, 0.15) is 5.69 Å². The summed E-state index contributed by atoms with van der Waals surface area (Å²) in [6.07, 6.45) is 2.75. The number of imide groups is 1. The molecule has 3 aliphatic rings. The average Bonchev–Trinajstić information content (AvgIpc) is 2.48. The molecule has 3 saturated heterocycles. The van der Waals surface area contributed by atoms with Gasteiger partial charge in [-0.15, -0.1) is 5.10 Å². The van der Waals surface area contributed by atoms with E-state index in [2.05, 4.69) is 20.4 Å². The van der Waals surface area contributed by atoms with Crippen LogP contribution in [0.3, 0.4) is 0 Å². The fraction of sp³-hybridized carbons (Fsp3) is 0.467. The Morgan fingerprint density at radius 1 is 1.39 bits per heavy atom. The lowest BCUT2D eigenvalue weighted by Crippen LogP contribution is -2.57. The second-order valence-electron chi connectivity index (χ2n) is 5.81. The van der Waals surface area contributed by atoms with E-state index >= 15 is 0 Å². The number of amides is 2. The molecule has 2 bridgehead atoms. The highest BCUT2D eigenvalue weighted by molar-refractivity contribution is 6.22. The molecule has 1 aromatic rings. The summed E-state index contributed by atoms with van der Waals surface area (Å²) in [4.78, 5) is 25.3. The molecule has 2 unspecified atom stereocenters. The lowest BCUT2D eigenvalue weighted by molar-refractivity contribution is -0.133. The molecule has 2 atom stereocenters. The van der Waals surface area contributed by atoms with Crippen molar-refractivity contribution in [1.82, 2.24) is 15.5 Å². The molecule has 3 fully saturated rings. The molecule has 122 valence electrons. The van der Waals surface area contributed by atoms with Gasteiger partial charge in [0.2, 0.25) is 5.91 Å². The number of nitrogens with one attached hydrogen (secondary N) is 1. The molecule has 0 aromatic carbocycles. The van der Waals surface area contributed by atoms with Crippen LogP contribution in [0.15, 0.2) is 12.3 Å². The lowest BCUT2D eigenvalue weighted by Gasteiger charge is -2.48. The molecule has 2 amide bonds. The standard InChI is InChI=1S/C15H19N5O3/c1-8-14(20-6-10-3-11(7-20)23-10)4-13(19-18-8)12(5-16)15(22)17-9(2)21/h4-5,10-11H,3,6-7,16H2,1-2H3,(H,17,21,22)/b12-5-. The zero-order valence-corrected chi connectivity index (χ0v) is 13.1. The van der Waals surface area contributed by atoms with Crippen molar-refractivity contribution in [2.24, 2.45) is 5.73 Å². The van der Waals surface area contributed by atoms with Crippen molar-refractivity contribution in [3.05, 3.63) is 23.7 Å². The summed E-state index contributed by atoms with van der Waals surface area (Å²) in [5.41, 5.74) is 7.68. The van der Waals surface area contributed by atoms with Crippen molar-refractivity contribution in [2.75, 3.05) is 18.0 Å². The largest absolute Gasteiger partial charge is 0.404 e. The zero-order valence-electron chi connectivity index (χ0n) is 13.1.